The molecule has 1 aromatic rings. The van der Waals surface area contributed by atoms with E-state index in [2.05, 4.69) is 16.7 Å². The van der Waals surface area contributed by atoms with Crippen molar-refractivity contribution in [3.8, 4) is 0 Å². The Balaban J connectivity index is 0.00000162. The zero-order valence-corrected chi connectivity index (χ0v) is 11.8. The smallest absolute Gasteiger partial charge is 0.228 e. The van der Waals surface area contributed by atoms with Crippen LogP contribution >= 0.6 is 12.4 Å². The van der Waals surface area contributed by atoms with E-state index in [1.807, 2.05) is 26.0 Å². The molecular weight excluding hydrogens is 248 g/mol. The van der Waals surface area contributed by atoms with Crippen LogP contribution in [0.1, 0.15) is 24.0 Å². The number of anilines is 1. The van der Waals surface area contributed by atoms with E-state index in [9.17, 15) is 4.79 Å². The van der Waals surface area contributed by atoms with Crippen LogP contribution in [0.5, 0.6) is 0 Å². The molecule has 0 radical (unpaired) electrons. The molecule has 1 heterocycles. The molecule has 0 saturated carbocycles. The van der Waals surface area contributed by atoms with Gasteiger partial charge in [-0.1, -0.05) is 12.1 Å². The van der Waals surface area contributed by atoms with Crippen LogP contribution in [0.2, 0.25) is 0 Å². The molecule has 1 aliphatic rings. The maximum absolute atomic E-state index is 12.1. The number of hydrogen-bond acceptors (Lipinski definition) is 2. The van der Waals surface area contributed by atoms with E-state index >= 15 is 0 Å². The van der Waals surface area contributed by atoms with Crippen molar-refractivity contribution in [2.45, 2.75) is 26.7 Å². The Morgan fingerprint density at radius 3 is 2.83 bits per heavy atom. The van der Waals surface area contributed by atoms with Gasteiger partial charge in [0.15, 0.2) is 0 Å². The first-order chi connectivity index (χ1) is 8.16. The van der Waals surface area contributed by atoms with Crippen LogP contribution in [0.25, 0.3) is 0 Å². The van der Waals surface area contributed by atoms with Crippen molar-refractivity contribution < 1.29 is 4.79 Å². The molecule has 1 atom stereocenters. The molecule has 0 aliphatic carbocycles. The molecule has 1 unspecified atom stereocenters. The number of benzene rings is 1. The van der Waals surface area contributed by atoms with Crippen molar-refractivity contribution in [2.24, 2.45) is 5.92 Å². The monoisotopic (exact) mass is 268 g/mol. The number of halogens is 1. The summed E-state index contributed by atoms with van der Waals surface area (Å²) in [6.45, 7) is 5.90. The second kappa shape index (κ2) is 6.76. The van der Waals surface area contributed by atoms with Crippen molar-refractivity contribution in [2.75, 3.05) is 18.4 Å². The maximum Gasteiger partial charge on any atom is 0.228 e. The van der Waals surface area contributed by atoms with Crippen molar-refractivity contribution in [1.82, 2.24) is 5.32 Å². The quantitative estimate of drug-likeness (QED) is 0.866. The van der Waals surface area contributed by atoms with Crippen LogP contribution in [0, 0.1) is 19.8 Å². The van der Waals surface area contributed by atoms with Crippen LogP contribution < -0.4 is 10.6 Å². The van der Waals surface area contributed by atoms with E-state index in [1.165, 1.54) is 5.56 Å². The van der Waals surface area contributed by atoms with E-state index in [0.717, 1.165) is 37.2 Å². The molecule has 100 valence electrons. The average molecular weight is 269 g/mol. The lowest BCUT2D eigenvalue weighted by molar-refractivity contribution is -0.120. The number of aryl methyl sites for hydroxylation is 2. The molecule has 0 aromatic heterocycles. The zero-order valence-electron chi connectivity index (χ0n) is 11.0. The highest BCUT2D eigenvalue weighted by molar-refractivity contribution is 5.93. The summed E-state index contributed by atoms with van der Waals surface area (Å²) in [6.07, 6.45) is 2.08. The molecule has 0 spiro atoms. The SMILES string of the molecule is Cc1ccc(C)c(NC(=O)C2CCCNC2)c1.Cl. The molecule has 1 fully saturated rings. The largest absolute Gasteiger partial charge is 0.326 e. The number of hydrogen-bond donors (Lipinski definition) is 2. The van der Waals surface area contributed by atoms with E-state index in [0.29, 0.717) is 0 Å². The second-order valence-corrected chi connectivity index (χ2v) is 4.85. The standard InChI is InChI=1S/C14H20N2O.ClH/c1-10-5-6-11(2)13(8-10)16-14(17)12-4-3-7-15-9-12;/h5-6,8,12,15H,3-4,7,9H2,1-2H3,(H,16,17);1H. The summed E-state index contributed by atoms with van der Waals surface area (Å²) in [5, 5.41) is 6.31. The minimum absolute atomic E-state index is 0. The lowest BCUT2D eigenvalue weighted by Gasteiger charge is -2.22. The van der Waals surface area contributed by atoms with Crippen molar-refractivity contribution in [3.05, 3.63) is 29.3 Å². The van der Waals surface area contributed by atoms with Gasteiger partial charge in [0.25, 0.3) is 0 Å². The van der Waals surface area contributed by atoms with Gasteiger partial charge < -0.3 is 10.6 Å². The molecule has 4 heteroatoms. The molecule has 3 nitrogen and oxygen atoms in total. The van der Waals surface area contributed by atoms with E-state index < -0.39 is 0 Å². The highest BCUT2D eigenvalue weighted by Gasteiger charge is 2.21. The fraction of sp³-hybridized carbons (Fsp3) is 0.500. The predicted molar refractivity (Wildman–Crippen MR) is 77.4 cm³/mol. The molecule has 1 aliphatic heterocycles. The molecule has 0 bridgehead atoms. The first-order valence-electron chi connectivity index (χ1n) is 6.25. The summed E-state index contributed by atoms with van der Waals surface area (Å²) in [5.74, 6) is 0.259. The van der Waals surface area contributed by atoms with Gasteiger partial charge in [0.2, 0.25) is 5.91 Å². The Morgan fingerprint density at radius 1 is 1.39 bits per heavy atom. The van der Waals surface area contributed by atoms with Gasteiger partial charge in [0.05, 0.1) is 5.92 Å². The van der Waals surface area contributed by atoms with Crippen LogP contribution in [0.3, 0.4) is 0 Å². The summed E-state index contributed by atoms with van der Waals surface area (Å²) in [4.78, 5) is 12.1. The molecule has 18 heavy (non-hydrogen) atoms. The topological polar surface area (TPSA) is 41.1 Å². The van der Waals surface area contributed by atoms with E-state index in [4.69, 9.17) is 0 Å². The molecule has 1 saturated heterocycles. The van der Waals surface area contributed by atoms with Gasteiger partial charge in [-0.3, -0.25) is 4.79 Å². The van der Waals surface area contributed by atoms with E-state index in [1.54, 1.807) is 0 Å². The predicted octanol–water partition coefficient (Wildman–Crippen LogP) is 2.66. The number of piperidine rings is 1. The third kappa shape index (κ3) is 3.72. The fourth-order valence-corrected chi connectivity index (χ4v) is 2.18. The summed E-state index contributed by atoms with van der Waals surface area (Å²) in [7, 11) is 0. The average Bonchev–Trinajstić information content (AvgIpc) is 2.35. The maximum atomic E-state index is 12.1. The molecular formula is C14H21ClN2O. The number of rotatable bonds is 2. The highest BCUT2D eigenvalue weighted by atomic mass is 35.5. The number of nitrogens with one attached hydrogen (secondary N) is 2. The Bertz CT molecular complexity index is 414. The van der Waals surface area contributed by atoms with Crippen LogP contribution in [-0.4, -0.2) is 19.0 Å². The molecule has 2 N–H and O–H groups in total. The molecule has 1 aromatic carbocycles. The Morgan fingerprint density at radius 2 is 2.17 bits per heavy atom. The first-order valence-corrected chi connectivity index (χ1v) is 6.25. The third-order valence-electron chi connectivity index (χ3n) is 3.32. The van der Waals surface area contributed by atoms with Gasteiger partial charge in [-0.15, -0.1) is 12.4 Å². The number of carbonyl (C=O) groups is 1. The Labute approximate surface area is 115 Å². The van der Waals surface area contributed by atoms with Gasteiger partial charge in [-0.05, 0) is 50.4 Å². The fourth-order valence-electron chi connectivity index (χ4n) is 2.18. The number of carbonyl (C=O) groups excluding carboxylic acids is 1. The van der Waals surface area contributed by atoms with Gasteiger partial charge in [-0.2, -0.15) is 0 Å². The summed E-state index contributed by atoms with van der Waals surface area (Å²) in [5.41, 5.74) is 3.24. The first kappa shape index (κ1) is 15.0. The minimum Gasteiger partial charge on any atom is -0.326 e. The van der Waals surface area contributed by atoms with Gasteiger partial charge in [-0.25, -0.2) is 0 Å². The second-order valence-electron chi connectivity index (χ2n) is 4.85. The van der Waals surface area contributed by atoms with Crippen LogP contribution in [0.4, 0.5) is 5.69 Å². The van der Waals surface area contributed by atoms with Gasteiger partial charge >= 0.3 is 0 Å². The molecule has 2 rings (SSSR count). The zero-order chi connectivity index (χ0) is 12.3. The highest BCUT2D eigenvalue weighted by Crippen LogP contribution is 2.19. The van der Waals surface area contributed by atoms with Crippen molar-refractivity contribution in [3.63, 3.8) is 0 Å². The minimum atomic E-state index is 0. The van der Waals surface area contributed by atoms with Crippen LogP contribution in [0.15, 0.2) is 18.2 Å². The lowest BCUT2D eigenvalue weighted by Crippen LogP contribution is -2.37. The third-order valence-corrected chi connectivity index (χ3v) is 3.32. The Kier molecular flexibility index (Phi) is 5.63. The number of amides is 1. The van der Waals surface area contributed by atoms with Crippen molar-refractivity contribution in [1.29, 1.82) is 0 Å². The normalized spacial score (nSPS) is 18.9. The Hall–Kier alpha value is -1.06. The van der Waals surface area contributed by atoms with E-state index in [-0.39, 0.29) is 24.2 Å². The summed E-state index contributed by atoms with van der Waals surface area (Å²) in [6, 6.07) is 6.14. The summed E-state index contributed by atoms with van der Waals surface area (Å²) >= 11 is 0. The van der Waals surface area contributed by atoms with Gasteiger partial charge in [0, 0.05) is 12.2 Å². The van der Waals surface area contributed by atoms with Gasteiger partial charge in [0.1, 0.15) is 0 Å². The van der Waals surface area contributed by atoms with Crippen molar-refractivity contribution >= 4 is 24.0 Å². The van der Waals surface area contributed by atoms with Crippen LogP contribution in [-0.2, 0) is 4.79 Å². The summed E-state index contributed by atoms with van der Waals surface area (Å²) < 4.78 is 0. The molecule has 1 amide bonds. The lowest BCUT2D eigenvalue weighted by atomic mass is 9.98.